The van der Waals surface area contributed by atoms with Crippen LogP contribution in [0.5, 0.6) is 0 Å². The Bertz CT molecular complexity index is 972. The van der Waals surface area contributed by atoms with Gasteiger partial charge in [-0.15, -0.1) is 0 Å². The van der Waals surface area contributed by atoms with Crippen LogP contribution in [0, 0.1) is 5.82 Å². The molecule has 0 spiro atoms. The first-order valence-electron chi connectivity index (χ1n) is 11.9. The summed E-state index contributed by atoms with van der Waals surface area (Å²) < 4.78 is 25.1. The van der Waals surface area contributed by atoms with Crippen LogP contribution in [-0.4, -0.2) is 44.0 Å². The van der Waals surface area contributed by atoms with Crippen molar-refractivity contribution in [3.05, 3.63) is 71.5 Å². The highest BCUT2D eigenvalue weighted by molar-refractivity contribution is 6.74. The van der Waals surface area contributed by atoms with E-state index in [2.05, 4.69) is 33.9 Å². The lowest BCUT2D eigenvalue weighted by molar-refractivity contribution is -0.137. The maximum absolute atomic E-state index is 13.7. The van der Waals surface area contributed by atoms with Gasteiger partial charge in [-0.2, -0.15) is 0 Å². The zero-order valence-electron chi connectivity index (χ0n) is 20.8. The van der Waals surface area contributed by atoms with E-state index in [9.17, 15) is 14.0 Å². The number of amides is 2. The normalized spacial score (nSPS) is 17.5. The number of halogens is 1. The van der Waals surface area contributed by atoms with Crippen molar-refractivity contribution in [3.63, 3.8) is 0 Å². The van der Waals surface area contributed by atoms with Gasteiger partial charge in [0.2, 0.25) is 0 Å². The average molecular weight is 486 g/mol. The maximum atomic E-state index is 13.7. The minimum atomic E-state index is -2.29. The second-order valence-electron chi connectivity index (χ2n) is 10.5. The number of hydrogen-bond acceptors (Lipinski definition) is 4. The zero-order chi connectivity index (χ0) is 24.9. The van der Waals surface area contributed by atoms with E-state index in [4.69, 9.17) is 9.16 Å². The summed E-state index contributed by atoms with van der Waals surface area (Å²) in [5.41, 5.74) is 2.05. The van der Waals surface area contributed by atoms with Crippen LogP contribution in [0.3, 0.4) is 0 Å². The van der Waals surface area contributed by atoms with E-state index in [-0.39, 0.29) is 29.4 Å². The lowest BCUT2D eigenvalue weighted by atomic mass is 10.0. The van der Waals surface area contributed by atoms with E-state index < -0.39 is 20.5 Å². The Morgan fingerprint density at radius 3 is 2.38 bits per heavy atom. The molecule has 1 fully saturated rings. The SMILES string of the molecule is CC(C)(C)[Si](C)(C)OC(CCCc1ccc(F)cc1)C(=O)N1C(=O)OC[C@@H]1Cc1ccccc1. The highest BCUT2D eigenvalue weighted by Crippen LogP contribution is 2.38. The molecular weight excluding hydrogens is 449 g/mol. The lowest BCUT2D eigenvalue weighted by Crippen LogP contribution is -2.52. The molecule has 0 aromatic heterocycles. The number of ether oxygens (including phenoxy) is 1. The van der Waals surface area contributed by atoms with Gasteiger partial charge in [-0.3, -0.25) is 4.79 Å². The molecule has 0 aliphatic carbocycles. The molecule has 1 aliphatic heterocycles. The first-order valence-corrected chi connectivity index (χ1v) is 14.8. The van der Waals surface area contributed by atoms with Crippen LogP contribution in [-0.2, 0) is 26.8 Å². The van der Waals surface area contributed by atoms with Gasteiger partial charge in [-0.25, -0.2) is 14.1 Å². The molecule has 7 heteroatoms. The quantitative estimate of drug-likeness (QED) is 0.401. The highest BCUT2D eigenvalue weighted by Gasteiger charge is 2.45. The number of aryl methyl sites for hydroxylation is 1. The zero-order valence-corrected chi connectivity index (χ0v) is 21.8. The number of cyclic esters (lactones) is 1. The fourth-order valence-electron chi connectivity index (χ4n) is 3.83. The molecule has 0 radical (unpaired) electrons. The van der Waals surface area contributed by atoms with Crippen molar-refractivity contribution in [1.82, 2.24) is 4.90 Å². The fourth-order valence-corrected chi connectivity index (χ4v) is 5.11. The second-order valence-corrected chi connectivity index (χ2v) is 15.3. The van der Waals surface area contributed by atoms with Crippen LogP contribution in [0.1, 0.15) is 44.7 Å². The van der Waals surface area contributed by atoms with Gasteiger partial charge in [-0.1, -0.05) is 63.2 Å². The standard InChI is InChI=1S/C27H36FNO4Si/c1-27(2,3)34(4,5)33-24(13-9-12-20-14-16-22(28)17-15-20)25(30)29-23(19-32-26(29)31)18-21-10-7-6-8-11-21/h6-8,10-11,14-17,23-24H,9,12-13,18-19H2,1-5H3/t23-,24?/m0/s1. The van der Waals surface area contributed by atoms with E-state index >= 15 is 0 Å². The Morgan fingerprint density at radius 2 is 1.76 bits per heavy atom. The monoisotopic (exact) mass is 485 g/mol. The maximum Gasteiger partial charge on any atom is 0.417 e. The van der Waals surface area contributed by atoms with Gasteiger partial charge in [0.25, 0.3) is 5.91 Å². The molecule has 1 unspecified atom stereocenters. The van der Waals surface area contributed by atoms with Crippen molar-refractivity contribution in [2.24, 2.45) is 0 Å². The minimum Gasteiger partial charge on any atom is -0.447 e. The highest BCUT2D eigenvalue weighted by atomic mass is 28.4. The van der Waals surface area contributed by atoms with E-state index in [1.54, 1.807) is 12.1 Å². The van der Waals surface area contributed by atoms with Crippen molar-refractivity contribution in [1.29, 1.82) is 0 Å². The summed E-state index contributed by atoms with van der Waals surface area (Å²) in [5.74, 6) is -0.595. The smallest absolute Gasteiger partial charge is 0.417 e. The van der Waals surface area contributed by atoms with Crippen LogP contribution in [0.15, 0.2) is 54.6 Å². The summed E-state index contributed by atoms with van der Waals surface area (Å²) in [6.45, 7) is 10.8. The molecule has 0 bridgehead atoms. The van der Waals surface area contributed by atoms with Crippen molar-refractivity contribution in [2.75, 3.05) is 6.61 Å². The third kappa shape index (κ3) is 6.54. The summed E-state index contributed by atoms with van der Waals surface area (Å²) in [6, 6.07) is 15.8. The van der Waals surface area contributed by atoms with Gasteiger partial charge in [0, 0.05) is 0 Å². The van der Waals surface area contributed by atoms with Crippen LogP contribution in [0.4, 0.5) is 9.18 Å². The number of nitrogens with zero attached hydrogens (tertiary/aromatic N) is 1. The van der Waals surface area contributed by atoms with Gasteiger partial charge in [0.15, 0.2) is 8.32 Å². The molecule has 2 aromatic carbocycles. The molecular formula is C27H36FNO4Si. The van der Waals surface area contributed by atoms with Crippen molar-refractivity contribution >= 4 is 20.3 Å². The number of rotatable bonds is 9. The van der Waals surface area contributed by atoms with Gasteiger partial charge in [-0.05, 0) is 67.1 Å². The van der Waals surface area contributed by atoms with Gasteiger partial charge >= 0.3 is 6.09 Å². The number of imide groups is 1. The van der Waals surface area contributed by atoms with Crippen LogP contribution in [0.2, 0.25) is 18.1 Å². The van der Waals surface area contributed by atoms with Crippen molar-refractivity contribution < 1.29 is 23.1 Å². The molecule has 2 atom stereocenters. The number of carbonyl (C=O) groups excluding carboxylic acids is 2. The van der Waals surface area contributed by atoms with Crippen LogP contribution < -0.4 is 0 Å². The third-order valence-electron chi connectivity index (χ3n) is 6.88. The molecule has 0 N–H and O–H groups in total. The Kier molecular flexibility index (Phi) is 8.31. The Labute approximate surface area is 203 Å². The second kappa shape index (κ2) is 10.8. The lowest BCUT2D eigenvalue weighted by Gasteiger charge is -2.39. The topological polar surface area (TPSA) is 55.8 Å². The molecule has 34 heavy (non-hydrogen) atoms. The Balaban J connectivity index is 1.77. The molecule has 1 aliphatic rings. The van der Waals surface area contributed by atoms with Gasteiger partial charge in [0.1, 0.15) is 18.5 Å². The summed E-state index contributed by atoms with van der Waals surface area (Å²) in [5, 5.41) is -0.0859. The van der Waals surface area contributed by atoms with E-state index in [1.807, 2.05) is 30.3 Å². The Hall–Kier alpha value is -2.51. The predicted molar refractivity (Wildman–Crippen MR) is 134 cm³/mol. The van der Waals surface area contributed by atoms with Crippen LogP contribution >= 0.6 is 0 Å². The number of benzene rings is 2. The van der Waals surface area contributed by atoms with E-state index in [0.717, 1.165) is 11.1 Å². The fraction of sp³-hybridized carbons (Fsp3) is 0.481. The molecule has 5 nitrogen and oxygen atoms in total. The van der Waals surface area contributed by atoms with Gasteiger partial charge < -0.3 is 9.16 Å². The van der Waals surface area contributed by atoms with Crippen molar-refractivity contribution in [3.8, 4) is 0 Å². The summed E-state index contributed by atoms with van der Waals surface area (Å²) in [4.78, 5) is 27.6. The molecule has 2 amide bonds. The summed E-state index contributed by atoms with van der Waals surface area (Å²) >= 11 is 0. The summed E-state index contributed by atoms with van der Waals surface area (Å²) in [7, 11) is -2.29. The molecule has 3 rings (SSSR count). The Morgan fingerprint density at radius 1 is 1.12 bits per heavy atom. The predicted octanol–water partition coefficient (Wildman–Crippen LogP) is 6.13. The van der Waals surface area contributed by atoms with Gasteiger partial charge in [0.05, 0.1) is 6.04 Å². The molecule has 1 saturated heterocycles. The molecule has 1 heterocycles. The summed E-state index contributed by atoms with van der Waals surface area (Å²) in [6.07, 6.45) is 1.07. The minimum absolute atomic E-state index is 0.0859. The van der Waals surface area contributed by atoms with E-state index in [0.29, 0.717) is 25.7 Å². The van der Waals surface area contributed by atoms with Crippen molar-refractivity contribution in [2.45, 2.75) is 76.7 Å². The number of carbonyl (C=O) groups is 2. The molecule has 184 valence electrons. The molecule has 0 saturated carbocycles. The largest absolute Gasteiger partial charge is 0.447 e. The molecule has 2 aromatic rings. The first-order chi connectivity index (χ1) is 16.0. The first kappa shape index (κ1) is 26.1. The number of hydrogen-bond donors (Lipinski definition) is 0. The van der Waals surface area contributed by atoms with E-state index in [1.165, 1.54) is 17.0 Å². The van der Waals surface area contributed by atoms with Crippen LogP contribution in [0.25, 0.3) is 0 Å². The average Bonchev–Trinajstić information content (AvgIpc) is 3.13. The third-order valence-corrected chi connectivity index (χ3v) is 11.4.